The molecule has 0 spiro atoms. The van der Waals surface area contributed by atoms with Gasteiger partial charge in [0.1, 0.15) is 0 Å². The minimum atomic E-state index is 0.221. The first-order valence-electron chi connectivity index (χ1n) is 9.07. The highest BCUT2D eigenvalue weighted by molar-refractivity contribution is 4.93. The van der Waals surface area contributed by atoms with Gasteiger partial charge in [-0.2, -0.15) is 0 Å². The van der Waals surface area contributed by atoms with Gasteiger partial charge in [-0.1, -0.05) is 32.6 Å². The average Bonchev–Trinajstić information content (AvgIpc) is 3.09. The lowest BCUT2D eigenvalue weighted by Gasteiger charge is -2.43. The van der Waals surface area contributed by atoms with E-state index < -0.39 is 0 Å². The summed E-state index contributed by atoms with van der Waals surface area (Å²) in [5, 5.41) is 10.0. The van der Waals surface area contributed by atoms with Gasteiger partial charge in [0.2, 0.25) is 0 Å². The molecule has 116 valence electrons. The standard InChI is InChI=1S/C18H33NO/c1-15-6-4-10-18(12-15,14-20)13-19-11-5-9-17(19)16-7-2-3-8-16/h15-17,20H,2-14H2,1H3. The number of likely N-dealkylation sites (tertiary alicyclic amines) is 1. The van der Waals surface area contributed by atoms with Gasteiger partial charge in [-0.3, -0.25) is 4.90 Å². The molecule has 0 aromatic rings. The highest BCUT2D eigenvalue weighted by atomic mass is 16.3. The van der Waals surface area contributed by atoms with Crippen molar-refractivity contribution in [3.63, 3.8) is 0 Å². The van der Waals surface area contributed by atoms with E-state index >= 15 is 0 Å². The van der Waals surface area contributed by atoms with Crippen molar-refractivity contribution in [3.05, 3.63) is 0 Å². The first kappa shape index (κ1) is 14.8. The molecule has 3 fully saturated rings. The average molecular weight is 279 g/mol. The van der Waals surface area contributed by atoms with Gasteiger partial charge in [-0.05, 0) is 56.9 Å². The molecule has 3 rings (SSSR count). The first-order chi connectivity index (χ1) is 9.72. The lowest BCUT2D eigenvalue weighted by molar-refractivity contribution is 0.0133. The number of hydrogen-bond donors (Lipinski definition) is 1. The fourth-order valence-corrected chi connectivity index (χ4v) is 5.46. The van der Waals surface area contributed by atoms with E-state index in [1.54, 1.807) is 0 Å². The van der Waals surface area contributed by atoms with Crippen LogP contribution in [-0.2, 0) is 0 Å². The highest BCUT2D eigenvalue weighted by Gasteiger charge is 2.40. The molecular formula is C18H33NO. The zero-order valence-corrected chi connectivity index (χ0v) is 13.3. The van der Waals surface area contributed by atoms with Crippen LogP contribution in [-0.4, -0.2) is 35.7 Å². The van der Waals surface area contributed by atoms with Crippen molar-refractivity contribution in [2.75, 3.05) is 19.7 Å². The molecular weight excluding hydrogens is 246 g/mol. The third-order valence-electron chi connectivity index (χ3n) is 6.42. The Balaban J connectivity index is 1.65. The van der Waals surface area contributed by atoms with E-state index in [0.717, 1.165) is 17.9 Å². The van der Waals surface area contributed by atoms with Crippen molar-refractivity contribution in [2.45, 2.75) is 77.2 Å². The van der Waals surface area contributed by atoms with Crippen LogP contribution in [0.2, 0.25) is 0 Å². The molecule has 0 aromatic heterocycles. The van der Waals surface area contributed by atoms with Gasteiger partial charge in [0.25, 0.3) is 0 Å². The van der Waals surface area contributed by atoms with E-state index in [1.807, 2.05) is 0 Å². The number of aliphatic hydroxyl groups is 1. The Labute approximate surface area is 124 Å². The van der Waals surface area contributed by atoms with Gasteiger partial charge in [0, 0.05) is 24.6 Å². The Bertz CT molecular complexity index is 313. The Kier molecular flexibility index (Phi) is 4.72. The van der Waals surface area contributed by atoms with Crippen molar-refractivity contribution in [2.24, 2.45) is 17.3 Å². The minimum Gasteiger partial charge on any atom is -0.396 e. The number of rotatable bonds is 4. The summed E-state index contributed by atoms with van der Waals surface area (Å²) in [6, 6.07) is 0.846. The van der Waals surface area contributed by atoms with E-state index in [9.17, 15) is 5.11 Å². The van der Waals surface area contributed by atoms with Gasteiger partial charge in [-0.15, -0.1) is 0 Å². The second-order valence-corrected chi connectivity index (χ2v) is 8.08. The van der Waals surface area contributed by atoms with Crippen LogP contribution in [0.25, 0.3) is 0 Å². The maximum absolute atomic E-state index is 10.0. The topological polar surface area (TPSA) is 23.5 Å². The molecule has 0 bridgehead atoms. The molecule has 1 saturated heterocycles. The molecule has 3 atom stereocenters. The number of hydrogen-bond acceptors (Lipinski definition) is 2. The molecule has 1 N–H and O–H groups in total. The summed E-state index contributed by atoms with van der Waals surface area (Å²) in [5.74, 6) is 1.78. The summed E-state index contributed by atoms with van der Waals surface area (Å²) in [6.45, 7) is 5.25. The highest BCUT2D eigenvalue weighted by Crippen LogP contribution is 2.42. The molecule has 2 heteroatoms. The third-order valence-corrected chi connectivity index (χ3v) is 6.42. The fourth-order valence-electron chi connectivity index (χ4n) is 5.46. The normalized spacial score (nSPS) is 40.5. The maximum Gasteiger partial charge on any atom is 0.0499 e. The summed E-state index contributed by atoms with van der Waals surface area (Å²) < 4.78 is 0. The molecule has 0 radical (unpaired) electrons. The maximum atomic E-state index is 10.0. The SMILES string of the molecule is CC1CCCC(CO)(CN2CCCC2C2CCCC2)C1. The van der Waals surface area contributed by atoms with E-state index in [4.69, 9.17) is 0 Å². The molecule has 20 heavy (non-hydrogen) atoms. The van der Waals surface area contributed by atoms with Crippen LogP contribution in [0, 0.1) is 17.3 Å². The van der Waals surface area contributed by atoms with Crippen LogP contribution in [0.4, 0.5) is 0 Å². The van der Waals surface area contributed by atoms with Crippen LogP contribution in [0.15, 0.2) is 0 Å². The van der Waals surface area contributed by atoms with Gasteiger partial charge < -0.3 is 5.11 Å². The summed E-state index contributed by atoms with van der Waals surface area (Å²) in [5.41, 5.74) is 0.221. The number of nitrogens with zero attached hydrogens (tertiary/aromatic N) is 1. The monoisotopic (exact) mass is 279 g/mol. The van der Waals surface area contributed by atoms with Crippen LogP contribution < -0.4 is 0 Å². The van der Waals surface area contributed by atoms with Gasteiger partial charge >= 0.3 is 0 Å². The second kappa shape index (κ2) is 6.36. The Morgan fingerprint density at radius 3 is 2.55 bits per heavy atom. The lowest BCUT2D eigenvalue weighted by atomic mass is 9.70. The summed E-state index contributed by atoms with van der Waals surface area (Å²) in [7, 11) is 0. The Hall–Kier alpha value is -0.0800. The summed E-state index contributed by atoms with van der Waals surface area (Å²) >= 11 is 0. The zero-order chi connectivity index (χ0) is 14.0. The van der Waals surface area contributed by atoms with Crippen molar-refractivity contribution in [1.82, 2.24) is 4.90 Å². The van der Waals surface area contributed by atoms with Crippen LogP contribution >= 0.6 is 0 Å². The molecule has 0 amide bonds. The summed E-state index contributed by atoms with van der Waals surface area (Å²) in [4.78, 5) is 2.78. The van der Waals surface area contributed by atoms with Gasteiger partial charge in [0.05, 0.1) is 0 Å². The quantitative estimate of drug-likeness (QED) is 0.845. The number of aliphatic hydroxyl groups excluding tert-OH is 1. The molecule has 1 aliphatic heterocycles. The largest absolute Gasteiger partial charge is 0.396 e. The van der Waals surface area contributed by atoms with E-state index in [0.29, 0.717) is 6.61 Å². The van der Waals surface area contributed by atoms with Crippen molar-refractivity contribution >= 4 is 0 Å². The first-order valence-corrected chi connectivity index (χ1v) is 9.07. The van der Waals surface area contributed by atoms with Gasteiger partial charge in [-0.25, -0.2) is 0 Å². The van der Waals surface area contributed by atoms with Crippen LogP contribution in [0.1, 0.15) is 71.1 Å². The molecule has 1 heterocycles. The smallest absolute Gasteiger partial charge is 0.0499 e. The third kappa shape index (κ3) is 3.06. The lowest BCUT2D eigenvalue weighted by Crippen LogP contribution is -2.46. The minimum absolute atomic E-state index is 0.221. The fraction of sp³-hybridized carbons (Fsp3) is 1.00. The second-order valence-electron chi connectivity index (χ2n) is 8.08. The van der Waals surface area contributed by atoms with Crippen LogP contribution in [0.3, 0.4) is 0 Å². The Morgan fingerprint density at radius 1 is 1.05 bits per heavy atom. The predicted molar refractivity (Wildman–Crippen MR) is 83.7 cm³/mol. The molecule has 2 saturated carbocycles. The van der Waals surface area contributed by atoms with Crippen molar-refractivity contribution in [3.8, 4) is 0 Å². The summed E-state index contributed by atoms with van der Waals surface area (Å²) in [6.07, 6.45) is 13.8. The van der Waals surface area contributed by atoms with Crippen molar-refractivity contribution < 1.29 is 5.11 Å². The molecule has 0 aromatic carbocycles. The molecule has 2 nitrogen and oxygen atoms in total. The van der Waals surface area contributed by atoms with Gasteiger partial charge in [0.15, 0.2) is 0 Å². The molecule has 3 unspecified atom stereocenters. The molecule has 3 aliphatic rings. The van der Waals surface area contributed by atoms with E-state index in [2.05, 4.69) is 11.8 Å². The van der Waals surface area contributed by atoms with E-state index in [-0.39, 0.29) is 5.41 Å². The Morgan fingerprint density at radius 2 is 1.85 bits per heavy atom. The van der Waals surface area contributed by atoms with Crippen molar-refractivity contribution in [1.29, 1.82) is 0 Å². The molecule has 2 aliphatic carbocycles. The van der Waals surface area contributed by atoms with Crippen LogP contribution in [0.5, 0.6) is 0 Å². The zero-order valence-electron chi connectivity index (χ0n) is 13.3. The predicted octanol–water partition coefficient (Wildman–Crippen LogP) is 3.83. The van der Waals surface area contributed by atoms with E-state index in [1.165, 1.54) is 77.3 Å².